The molecule has 0 saturated heterocycles. The Hall–Kier alpha value is -2.63. The molecule has 0 bridgehead atoms. The van der Waals surface area contributed by atoms with E-state index in [1.807, 2.05) is 0 Å². The fraction of sp³-hybridized carbons (Fsp3) is 0.154. The first-order valence-corrected chi connectivity index (χ1v) is 5.62. The highest BCUT2D eigenvalue weighted by atomic mass is 16.6. The topological polar surface area (TPSA) is 91.3 Å². The molecule has 0 aliphatic carbocycles. The summed E-state index contributed by atoms with van der Waals surface area (Å²) in [4.78, 5) is 14.3. The zero-order chi connectivity index (χ0) is 14.0. The molecule has 0 aliphatic heterocycles. The number of benzene rings is 1. The Morgan fingerprint density at radius 1 is 1.26 bits per heavy atom. The molecule has 2 rings (SSSR count). The van der Waals surface area contributed by atoms with E-state index in [1.165, 1.54) is 12.3 Å². The summed E-state index contributed by atoms with van der Waals surface area (Å²) in [5, 5.41) is 10.8. The van der Waals surface area contributed by atoms with Crippen LogP contribution in [0.2, 0.25) is 0 Å². The van der Waals surface area contributed by atoms with Crippen LogP contribution in [0, 0.1) is 24.0 Å². The first-order valence-electron chi connectivity index (χ1n) is 5.62. The van der Waals surface area contributed by atoms with Gasteiger partial charge in [-0.1, -0.05) is 0 Å². The number of anilines is 1. The van der Waals surface area contributed by atoms with Crippen molar-refractivity contribution < 1.29 is 9.66 Å². The third kappa shape index (κ3) is 2.62. The van der Waals surface area contributed by atoms with Crippen LogP contribution in [0.1, 0.15) is 11.1 Å². The van der Waals surface area contributed by atoms with Crippen molar-refractivity contribution in [2.75, 3.05) is 5.73 Å². The van der Waals surface area contributed by atoms with Crippen molar-refractivity contribution >= 4 is 11.4 Å². The smallest absolute Gasteiger partial charge is 0.272 e. The molecule has 0 atom stereocenters. The van der Waals surface area contributed by atoms with Crippen LogP contribution in [-0.4, -0.2) is 9.91 Å². The van der Waals surface area contributed by atoms with E-state index < -0.39 is 4.92 Å². The molecule has 0 spiro atoms. The highest BCUT2D eigenvalue weighted by Crippen LogP contribution is 2.32. The molecule has 0 fully saturated rings. The van der Waals surface area contributed by atoms with Gasteiger partial charge in [-0.15, -0.1) is 0 Å². The Labute approximate surface area is 110 Å². The molecule has 98 valence electrons. The molecule has 19 heavy (non-hydrogen) atoms. The van der Waals surface area contributed by atoms with Crippen LogP contribution < -0.4 is 10.5 Å². The van der Waals surface area contributed by atoms with E-state index in [4.69, 9.17) is 10.5 Å². The zero-order valence-electron chi connectivity index (χ0n) is 10.6. The van der Waals surface area contributed by atoms with Crippen molar-refractivity contribution in [1.82, 2.24) is 4.98 Å². The van der Waals surface area contributed by atoms with Gasteiger partial charge in [0.2, 0.25) is 0 Å². The first-order chi connectivity index (χ1) is 8.99. The second-order valence-electron chi connectivity index (χ2n) is 4.18. The van der Waals surface area contributed by atoms with Gasteiger partial charge >= 0.3 is 0 Å². The van der Waals surface area contributed by atoms with Crippen LogP contribution >= 0.6 is 0 Å². The van der Waals surface area contributed by atoms with Crippen molar-refractivity contribution in [1.29, 1.82) is 0 Å². The predicted molar refractivity (Wildman–Crippen MR) is 71.3 cm³/mol. The van der Waals surface area contributed by atoms with Crippen molar-refractivity contribution in [3.05, 3.63) is 51.8 Å². The van der Waals surface area contributed by atoms with Crippen molar-refractivity contribution in [2.24, 2.45) is 0 Å². The van der Waals surface area contributed by atoms with E-state index in [-0.39, 0.29) is 5.69 Å². The highest BCUT2D eigenvalue weighted by molar-refractivity contribution is 5.55. The number of nitro groups is 1. The molecular formula is C13H13N3O3. The number of hydrogen-bond donors (Lipinski definition) is 1. The Kier molecular flexibility index (Phi) is 3.33. The van der Waals surface area contributed by atoms with Gasteiger partial charge in [0.15, 0.2) is 5.75 Å². The molecule has 2 N–H and O–H groups in total. The fourth-order valence-corrected chi connectivity index (χ4v) is 1.69. The second kappa shape index (κ2) is 4.93. The van der Waals surface area contributed by atoms with Crippen LogP contribution in [0.3, 0.4) is 0 Å². The average molecular weight is 259 g/mol. The molecule has 0 radical (unpaired) electrons. The normalized spacial score (nSPS) is 10.2. The number of nitrogens with zero attached hydrogens (tertiary/aromatic N) is 2. The maximum Gasteiger partial charge on any atom is 0.272 e. The number of aryl methyl sites for hydroxylation is 2. The summed E-state index contributed by atoms with van der Waals surface area (Å²) in [6, 6.07) is 4.76. The van der Waals surface area contributed by atoms with Crippen molar-refractivity contribution in [2.45, 2.75) is 13.8 Å². The number of rotatable bonds is 3. The lowest BCUT2D eigenvalue weighted by molar-refractivity contribution is -0.385. The van der Waals surface area contributed by atoms with Crippen molar-refractivity contribution in [3.8, 4) is 11.5 Å². The number of pyridine rings is 1. The average Bonchev–Trinajstić information content (AvgIpc) is 2.35. The van der Waals surface area contributed by atoms with E-state index in [2.05, 4.69) is 4.98 Å². The third-order valence-electron chi connectivity index (χ3n) is 2.72. The quantitative estimate of drug-likeness (QED) is 0.675. The van der Waals surface area contributed by atoms with Gasteiger partial charge in [-0.25, -0.2) is 0 Å². The Morgan fingerprint density at radius 2 is 2.00 bits per heavy atom. The van der Waals surface area contributed by atoms with Crippen LogP contribution in [0.15, 0.2) is 30.6 Å². The van der Waals surface area contributed by atoms with Gasteiger partial charge in [0, 0.05) is 23.9 Å². The molecule has 1 heterocycles. The summed E-state index contributed by atoms with van der Waals surface area (Å²) in [6.45, 7) is 3.42. The molecule has 1 aromatic carbocycles. The summed E-state index contributed by atoms with van der Waals surface area (Å²) < 4.78 is 5.67. The Balaban J connectivity index is 2.39. The van der Waals surface area contributed by atoms with E-state index in [1.54, 1.807) is 32.2 Å². The number of hydrogen-bond acceptors (Lipinski definition) is 5. The molecule has 0 aliphatic rings. The minimum absolute atomic E-state index is 0.0764. The van der Waals surface area contributed by atoms with Crippen LogP contribution in [0.5, 0.6) is 11.5 Å². The van der Waals surface area contributed by atoms with Crippen LogP contribution in [0.25, 0.3) is 0 Å². The summed E-state index contributed by atoms with van der Waals surface area (Å²) in [5.41, 5.74) is 7.44. The summed E-state index contributed by atoms with van der Waals surface area (Å²) >= 11 is 0. The summed E-state index contributed by atoms with van der Waals surface area (Å²) in [7, 11) is 0. The van der Waals surface area contributed by atoms with Gasteiger partial charge < -0.3 is 10.5 Å². The molecule has 0 amide bonds. The maximum atomic E-state index is 10.8. The maximum absolute atomic E-state index is 10.8. The molecule has 6 nitrogen and oxygen atoms in total. The van der Waals surface area contributed by atoms with Crippen LogP contribution in [0.4, 0.5) is 11.4 Å². The molecule has 1 aromatic heterocycles. The van der Waals surface area contributed by atoms with Gasteiger partial charge in [-0.05, 0) is 25.5 Å². The number of nitrogens with two attached hydrogens (primary N) is 1. The Morgan fingerprint density at radius 3 is 2.63 bits per heavy atom. The number of ether oxygens (including phenoxy) is 1. The monoisotopic (exact) mass is 259 g/mol. The Bertz CT molecular complexity index is 641. The van der Waals surface area contributed by atoms with Gasteiger partial charge in [0.25, 0.3) is 5.69 Å². The fourth-order valence-electron chi connectivity index (χ4n) is 1.69. The van der Waals surface area contributed by atoms with Gasteiger partial charge in [0.1, 0.15) is 5.75 Å². The van der Waals surface area contributed by atoms with E-state index in [9.17, 15) is 10.1 Å². The lowest BCUT2D eigenvalue weighted by Crippen LogP contribution is -1.97. The summed E-state index contributed by atoms with van der Waals surface area (Å²) in [5.74, 6) is 1.02. The number of nitro benzene ring substituents is 1. The van der Waals surface area contributed by atoms with Crippen molar-refractivity contribution in [3.63, 3.8) is 0 Å². The van der Waals surface area contributed by atoms with E-state index in [0.717, 1.165) is 0 Å². The largest absolute Gasteiger partial charge is 0.455 e. The molecule has 2 aromatic rings. The molecule has 0 unspecified atom stereocenters. The first kappa shape index (κ1) is 12.8. The van der Waals surface area contributed by atoms with Crippen LogP contribution in [-0.2, 0) is 0 Å². The third-order valence-corrected chi connectivity index (χ3v) is 2.72. The predicted octanol–water partition coefficient (Wildman–Crippen LogP) is 2.98. The zero-order valence-corrected chi connectivity index (χ0v) is 10.6. The standard InChI is InChI=1S/C13H13N3O3/c1-8-6-13(9(2)5-11(8)16(17)18)19-12-3-4-15-7-10(12)14/h3-7H,14H2,1-2H3. The lowest BCUT2D eigenvalue weighted by atomic mass is 10.1. The molecule has 0 saturated carbocycles. The van der Waals surface area contributed by atoms with E-state index >= 15 is 0 Å². The van der Waals surface area contributed by atoms with Gasteiger partial charge in [-0.3, -0.25) is 15.1 Å². The molecular weight excluding hydrogens is 246 g/mol. The minimum Gasteiger partial charge on any atom is -0.455 e. The second-order valence-corrected chi connectivity index (χ2v) is 4.18. The van der Waals surface area contributed by atoms with E-state index in [0.29, 0.717) is 28.3 Å². The number of nitrogen functional groups attached to an aromatic ring is 1. The molecule has 6 heteroatoms. The van der Waals surface area contributed by atoms with Gasteiger partial charge in [0.05, 0.1) is 16.8 Å². The minimum atomic E-state index is -0.410. The summed E-state index contributed by atoms with van der Waals surface area (Å²) in [6.07, 6.45) is 3.06. The number of aromatic nitrogens is 1. The highest BCUT2D eigenvalue weighted by Gasteiger charge is 2.15. The van der Waals surface area contributed by atoms with Gasteiger partial charge in [-0.2, -0.15) is 0 Å². The SMILES string of the molecule is Cc1cc([N+](=O)[O-])c(C)cc1Oc1ccncc1N. The lowest BCUT2D eigenvalue weighted by Gasteiger charge is -2.11.